The lowest BCUT2D eigenvalue weighted by atomic mass is 9.94. The molecule has 1 heterocycles. The largest absolute Gasteiger partial charge is 0.308 e. The summed E-state index contributed by atoms with van der Waals surface area (Å²) >= 11 is 0. The van der Waals surface area contributed by atoms with Crippen LogP contribution in [-0.4, -0.2) is 18.5 Å². The summed E-state index contributed by atoms with van der Waals surface area (Å²) in [6, 6.07) is 8.76. The molecule has 1 aliphatic heterocycles. The molecule has 2 rings (SSSR count). The monoisotopic (exact) mass is 211 g/mol. The molecule has 1 nitrogen and oxygen atoms in total. The molecule has 3 heteroatoms. The van der Waals surface area contributed by atoms with Gasteiger partial charge in [0.15, 0.2) is 0 Å². The summed E-state index contributed by atoms with van der Waals surface area (Å²) in [7, 11) is 0. The van der Waals surface area contributed by atoms with Gasteiger partial charge in [-0.2, -0.15) is 0 Å². The fourth-order valence-corrected chi connectivity index (χ4v) is 2.00. The van der Waals surface area contributed by atoms with Gasteiger partial charge in [0.05, 0.1) is 6.04 Å². The Hall–Kier alpha value is -0.960. The zero-order valence-electron chi connectivity index (χ0n) is 8.55. The predicted octanol–water partition coefficient (Wildman–Crippen LogP) is 2.62. The summed E-state index contributed by atoms with van der Waals surface area (Å²) in [5.41, 5.74) is 0.969. The molecule has 1 unspecified atom stereocenters. The Balaban J connectivity index is 2.05. The van der Waals surface area contributed by atoms with Gasteiger partial charge in [0.2, 0.25) is 0 Å². The van der Waals surface area contributed by atoms with E-state index in [2.05, 4.69) is 5.32 Å². The average molecular weight is 211 g/mol. The van der Waals surface area contributed by atoms with Crippen LogP contribution in [0.25, 0.3) is 0 Å². The number of rotatable bonds is 2. The Morgan fingerprint density at radius 3 is 2.67 bits per heavy atom. The van der Waals surface area contributed by atoms with Crippen molar-refractivity contribution in [3.63, 3.8) is 0 Å². The Morgan fingerprint density at radius 1 is 1.27 bits per heavy atom. The van der Waals surface area contributed by atoms with E-state index in [0.29, 0.717) is 19.4 Å². The first-order chi connectivity index (χ1) is 7.18. The van der Waals surface area contributed by atoms with Crippen LogP contribution in [0.15, 0.2) is 30.3 Å². The molecule has 1 N–H and O–H groups in total. The molecule has 1 aliphatic rings. The Kier molecular flexibility index (Phi) is 3.00. The second-order valence-corrected chi connectivity index (χ2v) is 4.06. The van der Waals surface area contributed by atoms with Crippen LogP contribution in [0.4, 0.5) is 8.78 Å². The van der Waals surface area contributed by atoms with Crippen LogP contribution in [0.1, 0.15) is 18.4 Å². The average Bonchev–Trinajstić information content (AvgIpc) is 2.23. The van der Waals surface area contributed by atoms with Crippen LogP contribution in [0.2, 0.25) is 0 Å². The van der Waals surface area contributed by atoms with E-state index in [-0.39, 0.29) is 6.42 Å². The molecular formula is C12H15F2N. The van der Waals surface area contributed by atoms with Crippen LogP contribution in [0.3, 0.4) is 0 Å². The van der Waals surface area contributed by atoms with Crippen LogP contribution >= 0.6 is 0 Å². The number of piperidine rings is 1. The number of hydrogen-bond acceptors (Lipinski definition) is 1. The summed E-state index contributed by atoms with van der Waals surface area (Å²) in [4.78, 5) is 0. The number of benzene rings is 1. The van der Waals surface area contributed by atoms with E-state index in [1.807, 2.05) is 30.3 Å². The van der Waals surface area contributed by atoms with E-state index in [1.165, 1.54) is 0 Å². The molecule has 1 aromatic carbocycles. The van der Waals surface area contributed by atoms with Gasteiger partial charge in [-0.1, -0.05) is 30.3 Å². The second-order valence-electron chi connectivity index (χ2n) is 4.06. The maximum absolute atomic E-state index is 13.5. The van der Waals surface area contributed by atoms with Gasteiger partial charge in [-0.05, 0) is 24.9 Å². The standard InChI is InChI=1S/C12H15F2N/c13-12(14)7-4-8-15-11(12)9-10-5-2-1-3-6-10/h1-3,5-6,11,15H,4,7-9H2. The SMILES string of the molecule is FC1(F)CCCNC1Cc1ccccc1. The first-order valence-corrected chi connectivity index (χ1v) is 5.33. The summed E-state index contributed by atoms with van der Waals surface area (Å²) in [6.07, 6.45) is 0.990. The predicted molar refractivity (Wildman–Crippen MR) is 56.1 cm³/mol. The van der Waals surface area contributed by atoms with Crippen molar-refractivity contribution in [2.24, 2.45) is 0 Å². The molecule has 0 saturated carbocycles. The zero-order valence-corrected chi connectivity index (χ0v) is 8.55. The van der Waals surface area contributed by atoms with E-state index in [4.69, 9.17) is 0 Å². The van der Waals surface area contributed by atoms with Crippen molar-refractivity contribution in [2.75, 3.05) is 6.54 Å². The minimum Gasteiger partial charge on any atom is -0.308 e. The van der Waals surface area contributed by atoms with Crippen molar-refractivity contribution < 1.29 is 8.78 Å². The second kappa shape index (κ2) is 4.27. The lowest BCUT2D eigenvalue weighted by Crippen LogP contribution is -2.50. The van der Waals surface area contributed by atoms with Gasteiger partial charge in [-0.25, -0.2) is 8.78 Å². The fourth-order valence-electron chi connectivity index (χ4n) is 2.00. The third kappa shape index (κ3) is 2.53. The highest BCUT2D eigenvalue weighted by Crippen LogP contribution is 2.29. The minimum atomic E-state index is -2.56. The normalized spacial score (nSPS) is 25.1. The minimum absolute atomic E-state index is 0.0114. The van der Waals surface area contributed by atoms with Gasteiger partial charge in [0, 0.05) is 6.42 Å². The van der Waals surface area contributed by atoms with Crippen molar-refractivity contribution in [1.82, 2.24) is 5.32 Å². The first-order valence-electron chi connectivity index (χ1n) is 5.33. The van der Waals surface area contributed by atoms with E-state index in [1.54, 1.807) is 0 Å². The molecule has 15 heavy (non-hydrogen) atoms. The highest BCUT2D eigenvalue weighted by molar-refractivity contribution is 5.17. The molecule has 1 atom stereocenters. The molecule has 0 radical (unpaired) electrons. The van der Waals surface area contributed by atoms with E-state index in [9.17, 15) is 8.78 Å². The first kappa shape index (κ1) is 10.6. The summed E-state index contributed by atoms with van der Waals surface area (Å²) in [5, 5.41) is 2.91. The Labute approximate surface area is 88.5 Å². The van der Waals surface area contributed by atoms with E-state index >= 15 is 0 Å². The lowest BCUT2D eigenvalue weighted by molar-refractivity contribution is -0.0602. The smallest absolute Gasteiger partial charge is 0.263 e. The molecule has 1 saturated heterocycles. The lowest BCUT2D eigenvalue weighted by Gasteiger charge is -2.32. The van der Waals surface area contributed by atoms with Crippen LogP contribution in [-0.2, 0) is 6.42 Å². The van der Waals surface area contributed by atoms with Crippen LogP contribution in [0, 0.1) is 0 Å². The van der Waals surface area contributed by atoms with Crippen molar-refractivity contribution in [1.29, 1.82) is 0 Å². The van der Waals surface area contributed by atoms with Crippen LogP contribution in [0.5, 0.6) is 0 Å². The van der Waals surface area contributed by atoms with Crippen LogP contribution < -0.4 is 5.32 Å². The molecule has 0 amide bonds. The quantitative estimate of drug-likeness (QED) is 0.793. The van der Waals surface area contributed by atoms with Gasteiger partial charge in [0.25, 0.3) is 5.92 Å². The van der Waals surface area contributed by atoms with Crippen molar-refractivity contribution >= 4 is 0 Å². The highest BCUT2D eigenvalue weighted by atomic mass is 19.3. The zero-order chi connectivity index (χ0) is 10.7. The number of halogens is 2. The molecule has 0 spiro atoms. The molecular weight excluding hydrogens is 196 g/mol. The molecule has 82 valence electrons. The Morgan fingerprint density at radius 2 is 2.00 bits per heavy atom. The van der Waals surface area contributed by atoms with Gasteiger partial charge < -0.3 is 5.32 Å². The molecule has 1 fully saturated rings. The van der Waals surface area contributed by atoms with Crippen molar-refractivity contribution in [3.05, 3.63) is 35.9 Å². The number of hydrogen-bond donors (Lipinski definition) is 1. The summed E-state index contributed by atoms with van der Waals surface area (Å²) in [5.74, 6) is -2.56. The topological polar surface area (TPSA) is 12.0 Å². The van der Waals surface area contributed by atoms with Gasteiger partial charge in [0.1, 0.15) is 0 Å². The van der Waals surface area contributed by atoms with Gasteiger partial charge in [-0.3, -0.25) is 0 Å². The Bertz CT molecular complexity index is 311. The molecule has 0 bridgehead atoms. The highest BCUT2D eigenvalue weighted by Gasteiger charge is 2.40. The molecule has 1 aromatic rings. The van der Waals surface area contributed by atoms with Crippen molar-refractivity contribution in [2.45, 2.75) is 31.2 Å². The maximum Gasteiger partial charge on any atom is 0.263 e. The molecule has 0 aliphatic carbocycles. The molecule has 0 aromatic heterocycles. The van der Waals surface area contributed by atoms with E-state index < -0.39 is 12.0 Å². The summed E-state index contributed by atoms with van der Waals surface area (Å²) < 4.78 is 27.0. The van der Waals surface area contributed by atoms with Gasteiger partial charge in [-0.15, -0.1) is 0 Å². The number of nitrogens with one attached hydrogen (secondary N) is 1. The third-order valence-corrected chi connectivity index (χ3v) is 2.87. The summed E-state index contributed by atoms with van der Waals surface area (Å²) in [6.45, 7) is 0.701. The fraction of sp³-hybridized carbons (Fsp3) is 0.500. The van der Waals surface area contributed by atoms with E-state index in [0.717, 1.165) is 5.56 Å². The maximum atomic E-state index is 13.5. The third-order valence-electron chi connectivity index (χ3n) is 2.87. The number of alkyl halides is 2. The van der Waals surface area contributed by atoms with Gasteiger partial charge >= 0.3 is 0 Å². The van der Waals surface area contributed by atoms with Crippen molar-refractivity contribution in [3.8, 4) is 0 Å².